The summed E-state index contributed by atoms with van der Waals surface area (Å²) >= 11 is 0. The molecule has 4 heteroatoms. The molecule has 0 unspecified atom stereocenters. The molecule has 3 nitrogen and oxygen atoms in total. The van der Waals surface area contributed by atoms with Crippen LogP contribution in [0.25, 0.3) is 82.5 Å². The van der Waals surface area contributed by atoms with Gasteiger partial charge in [0.15, 0.2) is 8.07 Å². The average Bonchev–Trinajstić information content (AvgIpc) is 4.01. The van der Waals surface area contributed by atoms with Gasteiger partial charge in [0.1, 0.15) is 0 Å². The molecule has 3 heterocycles. The van der Waals surface area contributed by atoms with Crippen LogP contribution in [0.3, 0.4) is 0 Å². The molecule has 0 atom stereocenters. The smallest absolute Gasteiger partial charge is 0.180 e. The lowest BCUT2D eigenvalue weighted by atomic mass is 10.1. The summed E-state index contributed by atoms with van der Waals surface area (Å²) in [4.78, 5) is 0. The fourth-order valence-corrected chi connectivity index (χ4v) is 16.0. The van der Waals surface area contributed by atoms with Gasteiger partial charge in [0, 0.05) is 43.7 Å². The Kier molecular flexibility index (Phi) is 8.23. The molecule has 0 amide bonds. The highest BCUT2D eigenvalue weighted by molar-refractivity contribution is 7.20. The monoisotopic (exact) mass is 831 g/mol. The number of fused-ring (bicyclic) bond motifs is 9. The van der Waals surface area contributed by atoms with Crippen LogP contribution in [0.5, 0.6) is 0 Å². The lowest BCUT2D eigenvalue weighted by molar-refractivity contribution is 1.13. The van der Waals surface area contributed by atoms with Crippen molar-refractivity contribution in [2.24, 2.45) is 0 Å². The summed E-state index contributed by atoms with van der Waals surface area (Å²) in [5, 5.41) is 12.9. The summed E-state index contributed by atoms with van der Waals surface area (Å²) in [5.74, 6) is 0. The van der Waals surface area contributed by atoms with Crippen molar-refractivity contribution >= 4 is 94.2 Å². The van der Waals surface area contributed by atoms with E-state index in [-0.39, 0.29) is 0 Å². The zero-order valence-electron chi connectivity index (χ0n) is 35.0. The number of rotatable bonds is 7. The Balaban J connectivity index is 1.22. The standard InChI is InChI=1S/C60H41N3Si/c1-5-21-42(22-6-1)61-52-33-16-15-31-49(52)51-41-43(39-40-55(51)61)62-56-36-20-38-58(64(44-23-7-2-8-24-44,45-25-9-3-10-26-45)46-27-11-4-12-28-46)59(56)50-32-19-37-57(60(50)62)63-53-34-17-13-29-47(53)48-30-14-18-35-54(48)63/h1-41H. The van der Waals surface area contributed by atoms with Gasteiger partial charge in [0.25, 0.3) is 0 Å². The van der Waals surface area contributed by atoms with Crippen molar-refractivity contribution in [3.63, 3.8) is 0 Å². The number of para-hydroxylation sites is 5. The second-order valence-electron chi connectivity index (χ2n) is 16.8. The van der Waals surface area contributed by atoms with Gasteiger partial charge >= 0.3 is 0 Å². The molecule has 0 bridgehead atoms. The Morgan fingerprint density at radius 3 is 1.28 bits per heavy atom. The number of hydrogen-bond acceptors (Lipinski definition) is 0. The van der Waals surface area contributed by atoms with Crippen molar-refractivity contribution in [1.82, 2.24) is 13.7 Å². The molecule has 0 aliphatic rings. The lowest BCUT2D eigenvalue weighted by Crippen LogP contribution is -2.74. The van der Waals surface area contributed by atoms with Crippen LogP contribution >= 0.6 is 0 Å². The van der Waals surface area contributed by atoms with Crippen molar-refractivity contribution < 1.29 is 0 Å². The second-order valence-corrected chi connectivity index (χ2v) is 20.6. The van der Waals surface area contributed by atoms with Crippen molar-refractivity contribution in [2.45, 2.75) is 0 Å². The molecule has 0 aliphatic heterocycles. The van der Waals surface area contributed by atoms with Crippen LogP contribution in [0, 0.1) is 0 Å². The maximum atomic E-state index is 2.57. The molecule has 0 radical (unpaired) electrons. The molecule has 0 fully saturated rings. The molecular weight excluding hydrogens is 791 g/mol. The van der Waals surface area contributed by atoms with E-state index in [1.807, 2.05) is 0 Å². The maximum Gasteiger partial charge on any atom is 0.180 e. The summed E-state index contributed by atoms with van der Waals surface area (Å²) < 4.78 is 7.47. The third-order valence-corrected chi connectivity index (χ3v) is 18.4. The van der Waals surface area contributed by atoms with E-state index in [0.29, 0.717) is 0 Å². The minimum atomic E-state index is -2.98. The van der Waals surface area contributed by atoms with E-state index in [1.54, 1.807) is 0 Å². The molecule has 0 aliphatic carbocycles. The Bertz CT molecular complexity index is 3730. The third kappa shape index (κ3) is 5.21. The number of aromatic nitrogens is 3. The molecule has 0 spiro atoms. The maximum absolute atomic E-state index is 2.98. The fraction of sp³-hybridized carbons (Fsp3) is 0. The molecule has 0 saturated carbocycles. The molecule has 0 saturated heterocycles. The largest absolute Gasteiger partial charge is 0.309 e. The topological polar surface area (TPSA) is 14.8 Å². The van der Waals surface area contributed by atoms with Gasteiger partial charge in [-0.1, -0.05) is 188 Å². The van der Waals surface area contributed by atoms with E-state index in [4.69, 9.17) is 0 Å². The van der Waals surface area contributed by atoms with Gasteiger partial charge in [-0.2, -0.15) is 0 Å². The van der Waals surface area contributed by atoms with Crippen molar-refractivity contribution in [2.75, 3.05) is 0 Å². The van der Waals surface area contributed by atoms with Crippen LogP contribution in [-0.2, 0) is 0 Å². The zero-order valence-corrected chi connectivity index (χ0v) is 36.0. The number of benzene rings is 10. The first-order chi connectivity index (χ1) is 31.8. The molecule has 13 rings (SSSR count). The first-order valence-electron chi connectivity index (χ1n) is 22.1. The van der Waals surface area contributed by atoms with Crippen LogP contribution in [-0.4, -0.2) is 21.8 Å². The van der Waals surface area contributed by atoms with E-state index in [2.05, 4.69) is 262 Å². The Hall–Kier alpha value is -8.18. The highest BCUT2D eigenvalue weighted by Gasteiger charge is 2.43. The highest BCUT2D eigenvalue weighted by Crippen LogP contribution is 2.41. The van der Waals surface area contributed by atoms with Crippen LogP contribution in [0.2, 0.25) is 0 Å². The summed E-state index contributed by atoms with van der Waals surface area (Å²) in [6, 6.07) is 92.4. The van der Waals surface area contributed by atoms with E-state index in [1.165, 1.54) is 86.2 Å². The minimum Gasteiger partial charge on any atom is -0.309 e. The van der Waals surface area contributed by atoms with E-state index >= 15 is 0 Å². The molecule has 10 aromatic carbocycles. The van der Waals surface area contributed by atoms with Gasteiger partial charge in [0.05, 0.1) is 38.8 Å². The Morgan fingerprint density at radius 2 is 0.703 bits per heavy atom. The predicted molar refractivity (Wildman–Crippen MR) is 273 cm³/mol. The molecule has 300 valence electrons. The quantitative estimate of drug-likeness (QED) is 0.112. The summed E-state index contributed by atoms with van der Waals surface area (Å²) in [7, 11) is -2.98. The lowest BCUT2D eigenvalue weighted by Gasteiger charge is -2.35. The van der Waals surface area contributed by atoms with Gasteiger partial charge in [-0.3, -0.25) is 0 Å². The van der Waals surface area contributed by atoms with Crippen LogP contribution in [0.4, 0.5) is 0 Å². The van der Waals surface area contributed by atoms with Crippen molar-refractivity contribution in [3.8, 4) is 17.1 Å². The first-order valence-corrected chi connectivity index (χ1v) is 24.1. The molecule has 64 heavy (non-hydrogen) atoms. The summed E-state index contributed by atoms with van der Waals surface area (Å²) in [6.07, 6.45) is 0. The second kappa shape index (κ2) is 14.5. The Morgan fingerprint density at radius 1 is 0.266 bits per heavy atom. The summed E-state index contributed by atoms with van der Waals surface area (Å²) in [6.45, 7) is 0. The van der Waals surface area contributed by atoms with Crippen LogP contribution in [0.1, 0.15) is 0 Å². The molecule has 3 aromatic heterocycles. The summed E-state index contributed by atoms with van der Waals surface area (Å²) in [5.41, 5.74) is 10.6. The van der Waals surface area contributed by atoms with E-state index < -0.39 is 8.07 Å². The number of hydrogen-bond donors (Lipinski definition) is 0. The molecular formula is C60H41N3Si. The van der Waals surface area contributed by atoms with Crippen LogP contribution in [0.15, 0.2) is 249 Å². The average molecular weight is 832 g/mol. The van der Waals surface area contributed by atoms with Gasteiger partial charge in [-0.15, -0.1) is 0 Å². The van der Waals surface area contributed by atoms with E-state index in [0.717, 1.165) is 17.1 Å². The van der Waals surface area contributed by atoms with Crippen molar-refractivity contribution in [1.29, 1.82) is 0 Å². The SMILES string of the molecule is c1ccc(-n2c3ccccc3c3cc(-n4c5cccc([Si](c6ccccc6)(c6ccccc6)c6ccccc6)c5c5cccc(-n6c7ccccc7c7ccccc76)c54)ccc32)cc1. The Labute approximate surface area is 372 Å². The third-order valence-electron chi connectivity index (χ3n) is 13.6. The molecule has 0 N–H and O–H groups in total. The van der Waals surface area contributed by atoms with Gasteiger partial charge in [-0.05, 0) is 81.4 Å². The van der Waals surface area contributed by atoms with Crippen LogP contribution < -0.4 is 20.7 Å². The zero-order chi connectivity index (χ0) is 42.2. The van der Waals surface area contributed by atoms with Gasteiger partial charge < -0.3 is 13.7 Å². The van der Waals surface area contributed by atoms with Gasteiger partial charge in [0.2, 0.25) is 0 Å². The molecule has 13 aromatic rings. The van der Waals surface area contributed by atoms with Crippen molar-refractivity contribution in [3.05, 3.63) is 249 Å². The predicted octanol–water partition coefficient (Wildman–Crippen LogP) is 12.4. The normalized spacial score (nSPS) is 12.1. The van der Waals surface area contributed by atoms with Gasteiger partial charge in [-0.25, -0.2) is 0 Å². The number of nitrogens with zero attached hydrogens (tertiary/aromatic N) is 3. The minimum absolute atomic E-state index is 1.13. The fourth-order valence-electron chi connectivity index (χ4n) is 11.0. The first kappa shape index (κ1) is 36.5. The van der Waals surface area contributed by atoms with E-state index in [9.17, 15) is 0 Å². The highest BCUT2D eigenvalue weighted by atomic mass is 28.3.